The van der Waals surface area contributed by atoms with Crippen LogP contribution in [-0.4, -0.2) is 62.1 Å². The van der Waals surface area contributed by atoms with Crippen molar-refractivity contribution in [3.05, 3.63) is 34.9 Å². The number of aliphatic hydroxyl groups excluding tert-OH is 1. The Bertz CT molecular complexity index is 592. The summed E-state index contributed by atoms with van der Waals surface area (Å²) in [4.78, 5) is 2.11. The topological polar surface area (TPSA) is 72.9 Å². The fourth-order valence-electron chi connectivity index (χ4n) is 2.42. The molecule has 0 aromatic heterocycles. The van der Waals surface area contributed by atoms with Gasteiger partial charge < -0.3 is 5.11 Å². The molecule has 22 heavy (non-hydrogen) atoms. The van der Waals surface area contributed by atoms with Crippen LogP contribution >= 0.6 is 11.6 Å². The zero-order valence-electron chi connectivity index (χ0n) is 12.7. The summed E-state index contributed by atoms with van der Waals surface area (Å²) < 4.78 is 27.3. The molecule has 1 aromatic rings. The number of hydrogen-bond donors (Lipinski definition) is 2. The van der Waals surface area contributed by atoms with Crippen LogP contribution in [0.2, 0.25) is 5.02 Å². The summed E-state index contributed by atoms with van der Waals surface area (Å²) in [5, 5.41) is 10.9. The summed E-state index contributed by atoms with van der Waals surface area (Å²) in [6.45, 7) is 1.87. The molecule has 0 aliphatic carbocycles. The van der Waals surface area contributed by atoms with Gasteiger partial charge in [-0.25, -0.2) is 0 Å². The molecule has 6 nitrogen and oxygen atoms in total. The molecule has 2 unspecified atom stereocenters. The molecule has 2 N–H and O–H groups in total. The van der Waals surface area contributed by atoms with Gasteiger partial charge in [-0.2, -0.15) is 17.4 Å². The van der Waals surface area contributed by atoms with Gasteiger partial charge in [0.05, 0.1) is 12.1 Å². The van der Waals surface area contributed by atoms with Gasteiger partial charge in [0.2, 0.25) is 0 Å². The van der Waals surface area contributed by atoms with Crippen LogP contribution in [0.5, 0.6) is 0 Å². The molecule has 124 valence electrons. The van der Waals surface area contributed by atoms with E-state index in [0.29, 0.717) is 24.5 Å². The highest BCUT2D eigenvalue weighted by Crippen LogP contribution is 2.17. The molecule has 1 aliphatic heterocycles. The van der Waals surface area contributed by atoms with Crippen LogP contribution in [0.1, 0.15) is 12.0 Å². The largest absolute Gasteiger partial charge is 0.390 e. The monoisotopic (exact) mass is 347 g/mol. The van der Waals surface area contributed by atoms with E-state index in [1.54, 1.807) is 0 Å². The van der Waals surface area contributed by atoms with Gasteiger partial charge in [0.25, 0.3) is 10.2 Å². The van der Waals surface area contributed by atoms with Crippen molar-refractivity contribution in [2.75, 3.05) is 27.2 Å². The van der Waals surface area contributed by atoms with Gasteiger partial charge in [-0.15, -0.1) is 0 Å². The van der Waals surface area contributed by atoms with Gasteiger partial charge in [-0.1, -0.05) is 23.7 Å². The first-order valence-corrected chi connectivity index (χ1v) is 8.94. The number of halogens is 1. The third kappa shape index (κ3) is 4.65. The van der Waals surface area contributed by atoms with E-state index in [9.17, 15) is 13.5 Å². The molecule has 0 bridgehead atoms. The van der Waals surface area contributed by atoms with Crippen molar-refractivity contribution in [3.8, 4) is 0 Å². The minimum Gasteiger partial charge on any atom is -0.390 e. The lowest BCUT2D eigenvalue weighted by Gasteiger charge is -2.36. The van der Waals surface area contributed by atoms with E-state index in [1.165, 1.54) is 14.1 Å². The summed E-state index contributed by atoms with van der Waals surface area (Å²) in [6.07, 6.45) is -0.155. The molecule has 0 radical (unpaired) electrons. The minimum absolute atomic E-state index is 0.434. The summed E-state index contributed by atoms with van der Waals surface area (Å²) in [5.74, 6) is 0. The zero-order chi connectivity index (χ0) is 16.3. The summed E-state index contributed by atoms with van der Waals surface area (Å²) in [7, 11) is -0.596. The smallest absolute Gasteiger partial charge is 0.279 e. The predicted octanol–water partition coefficient (Wildman–Crippen LogP) is 0.671. The molecule has 1 aliphatic rings. The van der Waals surface area contributed by atoms with Crippen molar-refractivity contribution in [1.29, 1.82) is 0 Å². The number of nitrogens with zero attached hydrogens (tertiary/aromatic N) is 2. The van der Waals surface area contributed by atoms with Crippen LogP contribution in [0.3, 0.4) is 0 Å². The van der Waals surface area contributed by atoms with Gasteiger partial charge in [0.15, 0.2) is 0 Å². The van der Waals surface area contributed by atoms with Gasteiger partial charge in [-0.3, -0.25) is 4.90 Å². The summed E-state index contributed by atoms with van der Waals surface area (Å²) in [5.41, 5.74) is 1.11. The highest BCUT2D eigenvalue weighted by Gasteiger charge is 2.31. The van der Waals surface area contributed by atoms with Gasteiger partial charge in [0.1, 0.15) is 0 Å². The molecule has 2 atom stereocenters. The number of hydrogen-bond acceptors (Lipinski definition) is 4. The van der Waals surface area contributed by atoms with Crippen molar-refractivity contribution in [1.82, 2.24) is 13.9 Å². The highest BCUT2D eigenvalue weighted by atomic mass is 35.5. The Hall–Kier alpha value is -0.700. The van der Waals surface area contributed by atoms with E-state index < -0.39 is 22.4 Å². The Morgan fingerprint density at radius 3 is 2.55 bits per heavy atom. The second-order valence-corrected chi connectivity index (χ2v) is 8.08. The number of piperidine rings is 1. The SMILES string of the molecule is CN(C)S(=O)(=O)NC1CCN(Cc2ccc(Cl)cc2)CC1O. The number of aliphatic hydroxyl groups is 1. The van der Waals surface area contributed by atoms with Gasteiger partial charge in [0, 0.05) is 38.8 Å². The Balaban J connectivity index is 1.91. The van der Waals surface area contributed by atoms with Crippen LogP contribution in [0.4, 0.5) is 0 Å². The third-order valence-electron chi connectivity index (χ3n) is 3.77. The van der Waals surface area contributed by atoms with E-state index in [1.807, 2.05) is 24.3 Å². The van der Waals surface area contributed by atoms with Crippen LogP contribution in [0, 0.1) is 0 Å². The number of β-amino-alcohol motifs (C(OH)–C–C–N with tert-alkyl or cyclic N) is 1. The van der Waals surface area contributed by atoms with Crippen LogP contribution < -0.4 is 4.72 Å². The summed E-state index contributed by atoms with van der Waals surface area (Å²) in [6, 6.07) is 7.13. The fourth-order valence-corrected chi connectivity index (χ4v) is 3.42. The Morgan fingerprint density at radius 1 is 1.36 bits per heavy atom. The van der Waals surface area contributed by atoms with E-state index in [2.05, 4.69) is 9.62 Å². The molecule has 0 saturated carbocycles. The van der Waals surface area contributed by atoms with Gasteiger partial charge in [-0.05, 0) is 24.1 Å². The Kier molecular flexibility index (Phi) is 5.81. The Morgan fingerprint density at radius 2 is 2.00 bits per heavy atom. The Labute approximate surface area is 136 Å². The standard InChI is InChI=1S/C14H22ClN3O3S/c1-17(2)22(20,21)16-13-7-8-18(10-14(13)19)9-11-3-5-12(15)6-4-11/h3-6,13-14,16,19H,7-10H2,1-2H3. The average Bonchev–Trinajstić information content (AvgIpc) is 2.44. The lowest BCUT2D eigenvalue weighted by Crippen LogP contribution is -2.55. The van der Waals surface area contributed by atoms with Crippen LogP contribution in [0.15, 0.2) is 24.3 Å². The quantitative estimate of drug-likeness (QED) is 0.821. The van der Waals surface area contributed by atoms with Crippen molar-refractivity contribution in [3.63, 3.8) is 0 Å². The molecule has 1 saturated heterocycles. The van der Waals surface area contributed by atoms with Crippen molar-refractivity contribution in [2.45, 2.75) is 25.1 Å². The van der Waals surface area contributed by atoms with E-state index in [0.717, 1.165) is 16.4 Å². The predicted molar refractivity (Wildman–Crippen MR) is 86.9 cm³/mol. The number of nitrogens with one attached hydrogen (secondary N) is 1. The maximum Gasteiger partial charge on any atom is 0.279 e. The van der Waals surface area contributed by atoms with Crippen LogP contribution in [0.25, 0.3) is 0 Å². The second-order valence-electron chi connectivity index (χ2n) is 5.73. The van der Waals surface area contributed by atoms with Crippen molar-refractivity contribution >= 4 is 21.8 Å². The molecule has 0 spiro atoms. The lowest BCUT2D eigenvalue weighted by molar-refractivity contribution is 0.0441. The molecule has 1 heterocycles. The van der Waals surface area contributed by atoms with E-state index in [4.69, 9.17) is 11.6 Å². The maximum atomic E-state index is 11.8. The number of likely N-dealkylation sites (tertiary alicyclic amines) is 1. The third-order valence-corrected chi connectivity index (χ3v) is 5.58. The summed E-state index contributed by atoms with van der Waals surface area (Å²) >= 11 is 5.86. The van der Waals surface area contributed by atoms with Gasteiger partial charge >= 0.3 is 0 Å². The molecule has 0 amide bonds. The number of rotatable bonds is 5. The first-order valence-electron chi connectivity index (χ1n) is 7.12. The molecule has 2 rings (SSSR count). The average molecular weight is 348 g/mol. The van der Waals surface area contributed by atoms with E-state index >= 15 is 0 Å². The second kappa shape index (κ2) is 7.25. The molecular formula is C14H22ClN3O3S. The molecule has 1 aromatic carbocycles. The molecular weight excluding hydrogens is 326 g/mol. The highest BCUT2D eigenvalue weighted by molar-refractivity contribution is 7.87. The fraction of sp³-hybridized carbons (Fsp3) is 0.571. The lowest BCUT2D eigenvalue weighted by atomic mass is 10.0. The van der Waals surface area contributed by atoms with E-state index in [-0.39, 0.29) is 0 Å². The first kappa shape index (κ1) is 17.7. The minimum atomic E-state index is -3.52. The van der Waals surface area contributed by atoms with Crippen molar-refractivity contribution < 1.29 is 13.5 Å². The molecule has 8 heteroatoms. The van der Waals surface area contributed by atoms with Crippen molar-refractivity contribution in [2.24, 2.45) is 0 Å². The first-order chi connectivity index (χ1) is 10.3. The normalized spacial score (nSPS) is 23.9. The number of benzene rings is 1. The maximum absolute atomic E-state index is 11.8. The molecule has 1 fully saturated rings. The zero-order valence-corrected chi connectivity index (χ0v) is 14.3. The van der Waals surface area contributed by atoms with Crippen LogP contribution in [-0.2, 0) is 16.8 Å².